The monoisotopic (exact) mass is 395 g/mol. The zero-order chi connectivity index (χ0) is 19.2. The highest BCUT2D eigenvalue weighted by Gasteiger charge is 2.47. The van der Waals surface area contributed by atoms with Gasteiger partial charge in [0.25, 0.3) is 5.79 Å². The van der Waals surface area contributed by atoms with Crippen LogP contribution in [0.3, 0.4) is 0 Å². The minimum absolute atomic E-state index is 0.154. The summed E-state index contributed by atoms with van der Waals surface area (Å²) in [5.41, 5.74) is 0.715. The van der Waals surface area contributed by atoms with Gasteiger partial charge < -0.3 is 24.6 Å². The molecule has 1 saturated heterocycles. The third-order valence-corrected chi connectivity index (χ3v) is 6.48. The molecule has 1 aliphatic carbocycles. The highest BCUT2D eigenvalue weighted by molar-refractivity contribution is 6.32. The fraction of sp³-hybridized carbons (Fsp3) is 0.650. The number of hydrogen-bond donors (Lipinski definition) is 2. The predicted octanol–water partition coefficient (Wildman–Crippen LogP) is 3.63. The Morgan fingerprint density at radius 3 is 2.52 bits per heavy atom. The molecule has 1 saturated carbocycles. The van der Waals surface area contributed by atoms with Gasteiger partial charge in [0.1, 0.15) is 0 Å². The van der Waals surface area contributed by atoms with Crippen molar-refractivity contribution in [2.24, 2.45) is 11.8 Å². The lowest BCUT2D eigenvalue weighted by Gasteiger charge is -2.38. The van der Waals surface area contributed by atoms with Crippen LogP contribution in [0.25, 0.3) is 0 Å². The van der Waals surface area contributed by atoms with E-state index in [1.807, 2.05) is 6.92 Å². The minimum atomic E-state index is -1.01. The molecule has 7 heteroatoms. The van der Waals surface area contributed by atoms with Crippen molar-refractivity contribution in [3.63, 3.8) is 0 Å². The summed E-state index contributed by atoms with van der Waals surface area (Å²) in [7, 11) is 0. The van der Waals surface area contributed by atoms with Gasteiger partial charge in [-0.2, -0.15) is 0 Å². The zero-order valence-corrected chi connectivity index (χ0v) is 16.5. The standard InChI is InChI=1S/C20H26ClNO5/c1-11-15(19(23)24)7-16(21)18-17(11)26-20(2,27-18)13-5-3-12(4-6-13)8-22-14-9-25-10-14/h7,12-14,22H,3-6,8-10H2,1-2H3,(H,23,24). The molecule has 4 rings (SSSR count). The Bertz CT molecular complexity index is 742. The molecule has 1 unspecified atom stereocenters. The Balaban J connectivity index is 1.42. The fourth-order valence-electron chi connectivity index (χ4n) is 4.31. The number of carboxylic acids is 1. The first-order valence-corrected chi connectivity index (χ1v) is 10.0. The Morgan fingerprint density at radius 1 is 1.26 bits per heavy atom. The second-order valence-corrected chi connectivity index (χ2v) is 8.48. The number of rotatable bonds is 5. The Labute approximate surface area is 164 Å². The summed E-state index contributed by atoms with van der Waals surface area (Å²) < 4.78 is 17.6. The average molecular weight is 396 g/mol. The molecule has 0 spiro atoms. The van der Waals surface area contributed by atoms with Gasteiger partial charge in [-0.15, -0.1) is 0 Å². The van der Waals surface area contributed by atoms with E-state index in [-0.39, 0.29) is 16.5 Å². The van der Waals surface area contributed by atoms with Gasteiger partial charge >= 0.3 is 5.97 Å². The third-order valence-electron chi connectivity index (χ3n) is 6.20. The second kappa shape index (κ2) is 7.15. The lowest BCUT2D eigenvalue weighted by Crippen LogP contribution is -2.49. The van der Waals surface area contributed by atoms with E-state index < -0.39 is 11.8 Å². The Morgan fingerprint density at radius 2 is 1.93 bits per heavy atom. The van der Waals surface area contributed by atoms with E-state index in [0.717, 1.165) is 45.4 Å². The van der Waals surface area contributed by atoms with Gasteiger partial charge in [-0.1, -0.05) is 11.6 Å². The number of carbonyl (C=O) groups is 1. The number of hydrogen-bond acceptors (Lipinski definition) is 5. The largest absolute Gasteiger partial charge is 0.478 e. The maximum Gasteiger partial charge on any atom is 0.336 e. The first-order chi connectivity index (χ1) is 12.9. The molecule has 1 aromatic rings. The number of fused-ring (bicyclic) bond motifs is 1. The molecule has 0 bridgehead atoms. The van der Waals surface area contributed by atoms with Gasteiger partial charge in [-0.25, -0.2) is 4.79 Å². The maximum absolute atomic E-state index is 11.4. The Kier molecular flexibility index (Phi) is 4.99. The first-order valence-electron chi connectivity index (χ1n) is 9.63. The molecule has 3 aliphatic rings. The fourth-order valence-corrected chi connectivity index (χ4v) is 4.55. The molecule has 2 N–H and O–H groups in total. The number of halogens is 1. The van der Waals surface area contributed by atoms with Gasteiger partial charge in [0.05, 0.1) is 29.8 Å². The highest BCUT2D eigenvalue weighted by Crippen LogP contribution is 2.51. The van der Waals surface area contributed by atoms with Gasteiger partial charge in [-0.3, -0.25) is 0 Å². The highest BCUT2D eigenvalue weighted by atomic mass is 35.5. The second-order valence-electron chi connectivity index (χ2n) is 8.07. The number of aromatic carboxylic acids is 1. The predicted molar refractivity (Wildman–Crippen MR) is 101 cm³/mol. The van der Waals surface area contributed by atoms with Crippen molar-refractivity contribution in [2.45, 2.75) is 51.4 Å². The summed E-state index contributed by atoms with van der Waals surface area (Å²) in [6.07, 6.45) is 4.27. The molecule has 2 aliphatic heterocycles. The van der Waals surface area contributed by atoms with Crippen LogP contribution in [0.4, 0.5) is 0 Å². The summed E-state index contributed by atoms with van der Waals surface area (Å²) in [5, 5.41) is 13.2. The van der Waals surface area contributed by atoms with Crippen molar-refractivity contribution in [1.82, 2.24) is 5.32 Å². The van der Waals surface area contributed by atoms with Crippen LogP contribution in [-0.2, 0) is 4.74 Å². The van der Waals surface area contributed by atoms with E-state index in [1.165, 1.54) is 6.07 Å². The summed E-state index contributed by atoms with van der Waals surface area (Å²) in [6.45, 7) is 6.36. The van der Waals surface area contributed by atoms with Crippen LogP contribution < -0.4 is 14.8 Å². The van der Waals surface area contributed by atoms with Crippen molar-refractivity contribution in [1.29, 1.82) is 0 Å². The molecular weight excluding hydrogens is 370 g/mol. The van der Waals surface area contributed by atoms with Crippen LogP contribution in [0, 0.1) is 18.8 Å². The number of benzene rings is 1. The van der Waals surface area contributed by atoms with E-state index in [2.05, 4.69) is 5.32 Å². The van der Waals surface area contributed by atoms with Crippen molar-refractivity contribution >= 4 is 17.6 Å². The smallest absolute Gasteiger partial charge is 0.336 e. The lowest BCUT2D eigenvalue weighted by atomic mass is 9.78. The van der Waals surface area contributed by atoms with Crippen LogP contribution in [0.1, 0.15) is 48.5 Å². The summed E-state index contributed by atoms with van der Waals surface area (Å²) in [6, 6.07) is 1.96. The van der Waals surface area contributed by atoms with Crippen LogP contribution in [0.5, 0.6) is 11.5 Å². The summed E-state index contributed by atoms with van der Waals surface area (Å²) >= 11 is 6.28. The number of ether oxygens (including phenoxy) is 3. The van der Waals surface area contributed by atoms with Crippen molar-refractivity contribution < 1.29 is 24.1 Å². The number of nitrogens with one attached hydrogen (secondary N) is 1. The molecule has 0 aromatic heterocycles. The van der Waals surface area contributed by atoms with Gasteiger partial charge in [-0.05, 0) is 51.1 Å². The first kappa shape index (κ1) is 18.8. The van der Waals surface area contributed by atoms with Crippen molar-refractivity contribution in [3.8, 4) is 11.5 Å². The molecule has 2 fully saturated rings. The minimum Gasteiger partial charge on any atom is -0.478 e. The van der Waals surface area contributed by atoms with Crippen LogP contribution in [-0.4, -0.2) is 42.7 Å². The quantitative estimate of drug-likeness (QED) is 0.792. The van der Waals surface area contributed by atoms with Crippen LogP contribution in [0.15, 0.2) is 6.07 Å². The normalized spacial score (nSPS) is 30.2. The number of carboxylic acid groups (broad SMARTS) is 1. The third kappa shape index (κ3) is 3.50. The molecule has 6 nitrogen and oxygen atoms in total. The average Bonchev–Trinajstić information content (AvgIpc) is 2.97. The van der Waals surface area contributed by atoms with E-state index in [1.54, 1.807) is 6.92 Å². The SMILES string of the molecule is Cc1c(C(=O)O)cc(Cl)c2c1OC(C)(C1CCC(CNC3COC3)CC1)O2. The molecule has 1 aromatic carbocycles. The van der Waals surface area contributed by atoms with E-state index in [9.17, 15) is 9.90 Å². The molecule has 2 heterocycles. The van der Waals surface area contributed by atoms with Gasteiger partial charge in [0.2, 0.25) is 0 Å². The molecule has 27 heavy (non-hydrogen) atoms. The molecular formula is C20H26ClNO5. The summed E-state index contributed by atoms with van der Waals surface area (Å²) in [4.78, 5) is 11.4. The van der Waals surface area contributed by atoms with Gasteiger partial charge in [0.15, 0.2) is 11.5 Å². The van der Waals surface area contributed by atoms with Crippen LogP contribution >= 0.6 is 11.6 Å². The molecule has 0 radical (unpaired) electrons. The van der Waals surface area contributed by atoms with Crippen LogP contribution in [0.2, 0.25) is 5.02 Å². The zero-order valence-electron chi connectivity index (χ0n) is 15.7. The molecule has 0 amide bonds. The van der Waals surface area contributed by atoms with Gasteiger partial charge in [0, 0.05) is 18.4 Å². The van der Waals surface area contributed by atoms with Crippen molar-refractivity contribution in [3.05, 3.63) is 22.2 Å². The molecule has 148 valence electrons. The van der Waals surface area contributed by atoms with Crippen molar-refractivity contribution in [2.75, 3.05) is 19.8 Å². The van der Waals surface area contributed by atoms with E-state index in [0.29, 0.717) is 29.0 Å². The van der Waals surface area contributed by atoms with E-state index >= 15 is 0 Å². The maximum atomic E-state index is 11.4. The Hall–Kier alpha value is -1.50. The van der Waals surface area contributed by atoms with E-state index in [4.69, 9.17) is 25.8 Å². The summed E-state index contributed by atoms with van der Waals surface area (Å²) in [5.74, 6) is 0.0367. The molecule has 1 atom stereocenters. The topological polar surface area (TPSA) is 77.0 Å². The lowest BCUT2D eigenvalue weighted by molar-refractivity contribution is -0.123.